The SMILES string of the molecule is CC(C(=O)OC(C)(C)C)c1ccc(N2Cc3cc(-c4ccccc4)ccc3C2=O)cc1. The fraction of sp³-hybridized carbons (Fsp3) is 0.259. The summed E-state index contributed by atoms with van der Waals surface area (Å²) in [6.07, 6.45) is 0. The molecule has 0 aliphatic carbocycles. The fourth-order valence-electron chi connectivity index (χ4n) is 3.81. The minimum absolute atomic E-state index is 0.00236. The maximum absolute atomic E-state index is 13.0. The molecule has 0 saturated heterocycles. The minimum Gasteiger partial charge on any atom is -0.460 e. The number of anilines is 1. The predicted molar refractivity (Wildman–Crippen MR) is 123 cm³/mol. The second-order valence-electron chi connectivity index (χ2n) is 8.98. The first kappa shape index (κ1) is 20.9. The van der Waals surface area contributed by atoms with Gasteiger partial charge in [0, 0.05) is 11.3 Å². The zero-order valence-electron chi connectivity index (χ0n) is 18.4. The van der Waals surface area contributed by atoms with Gasteiger partial charge >= 0.3 is 5.97 Å². The molecule has 0 radical (unpaired) electrons. The standard InChI is InChI=1S/C27H27NO3/c1-18(26(30)31-27(2,3)4)19-10-13-23(14-11-19)28-17-22-16-21(12-15-24(22)25(28)29)20-8-6-5-7-9-20/h5-16,18H,17H2,1-4H3. The van der Waals surface area contributed by atoms with Gasteiger partial charge < -0.3 is 9.64 Å². The monoisotopic (exact) mass is 413 g/mol. The molecular weight excluding hydrogens is 386 g/mol. The number of hydrogen-bond donors (Lipinski definition) is 0. The van der Waals surface area contributed by atoms with Gasteiger partial charge in [-0.05, 0) is 74.2 Å². The van der Waals surface area contributed by atoms with Crippen LogP contribution in [0.15, 0.2) is 72.8 Å². The van der Waals surface area contributed by atoms with E-state index < -0.39 is 5.60 Å². The van der Waals surface area contributed by atoms with Crippen molar-refractivity contribution < 1.29 is 14.3 Å². The molecule has 0 N–H and O–H groups in total. The molecule has 1 atom stereocenters. The molecule has 158 valence electrons. The number of benzene rings is 3. The summed E-state index contributed by atoms with van der Waals surface area (Å²) in [5.41, 5.74) is 5.18. The molecule has 4 nitrogen and oxygen atoms in total. The molecule has 4 rings (SSSR count). The predicted octanol–water partition coefficient (Wildman–Crippen LogP) is 5.96. The number of esters is 1. The summed E-state index contributed by atoms with van der Waals surface area (Å²) in [6, 6.07) is 23.8. The summed E-state index contributed by atoms with van der Waals surface area (Å²) in [4.78, 5) is 27.1. The van der Waals surface area contributed by atoms with Crippen LogP contribution in [-0.2, 0) is 16.1 Å². The first-order chi connectivity index (χ1) is 14.7. The highest BCUT2D eigenvalue weighted by atomic mass is 16.6. The number of carbonyl (C=O) groups is 2. The molecule has 1 aliphatic rings. The molecule has 0 fully saturated rings. The van der Waals surface area contributed by atoms with Gasteiger partial charge in [-0.25, -0.2) is 0 Å². The normalized spacial score (nSPS) is 14.3. The zero-order chi connectivity index (χ0) is 22.2. The lowest BCUT2D eigenvalue weighted by molar-refractivity contribution is -0.156. The molecule has 31 heavy (non-hydrogen) atoms. The Balaban J connectivity index is 1.52. The van der Waals surface area contributed by atoms with Crippen LogP contribution in [0.25, 0.3) is 11.1 Å². The summed E-state index contributed by atoms with van der Waals surface area (Å²) in [7, 11) is 0. The van der Waals surface area contributed by atoms with Gasteiger partial charge in [-0.2, -0.15) is 0 Å². The van der Waals surface area contributed by atoms with Crippen LogP contribution in [-0.4, -0.2) is 17.5 Å². The van der Waals surface area contributed by atoms with Crippen molar-refractivity contribution in [1.29, 1.82) is 0 Å². The van der Waals surface area contributed by atoms with Crippen LogP contribution < -0.4 is 4.90 Å². The van der Waals surface area contributed by atoms with Crippen molar-refractivity contribution >= 4 is 17.6 Å². The van der Waals surface area contributed by atoms with Gasteiger partial charge in [-0.3, -0.25) is 9.59 Å². The molecule has 1 heterocycles. The maximum atomic E-state index is 13.0. The van der Waals surface area contributed by atoms with Gasteiger partial charge in [0.1, 0.15) is 5.60 Å². The number of ether oxygens (including phenoxy) is 1. The highest BCUT2D eigenvalue weighted by Gasteiger charge is 2.29. The van der Waals surface area contributed by atoms with Crippen LogP contribution in [0.4, 0.5) is 5.69 Å². The maximum Gasteiger partial charge on any atom is 0.313 e. The lowest BCUT2D eigenvalue weighted by atomic mass is 10.0. The quantitative estimate of drug-likeness (QED) is 0.496. The van der Waals surface area contributed by atoms with Crippen molar-refractivity contribution in [2.24, 2.45) is 0 Å². The highest BCUT2D eigenvalue weighted by molar-refractivity contribution is 6.10. The van der Waals surface area contributed by atoms with E-state index >= 15 is 0 Å². The minimum atomic E-state index is -0.516. The number of fused-ring (bicyclic) bond motifs is 1. The van der Waals surface area contributed by atoms with Crippen molar-refractivity contribution in [1.82, 2.24) is 0 Å². The van der Waals surface area contributed by atoms with Crippen molar-refractivity contribution in [2.75, 3.05) is 4.90 Å². The molecule has 1 amide bonds. The molecule has 0 aromatic heterocycles. The van der Waals surface area contributed by atoms with Gasteiger partial charge in [0.15, 0.2) is 0 Å². The molecule has 1 aliphatic heterocycles. The Morgan fingerprint density at radius 3 is 2.26 bits per heavy atom. The van der Waals surface area contributed by atoms with E-state index in [-0.39, 0.29) is 17.8 Å². The number of amides is 1. The molecule has 1 unspecified atom stereocenters. The van der Waals surface area contributed by atoms with Gasteiger partial charge in [0.05, 0.1) is 12.5 Å². The Morgan fingerprint density at radius 2 is 1.61 bits per heavy atom. The van der Waals surface area contributed by atoms with Gasteiger partial charge in [-0.1, -0.05) is 48.5 Å². The van der Waals surface area contributed by atoms with E-state index in [0.717, 1.165) is 33.5 Å². The molecule has 3 aromatic carbocycles. The van der Waals surface area contributed by atoms with Gasteiger partial charge in [0.2, 0.25) is 0 Å². The summed E-state index contributed by atoms with van der Waals surface area (Å²) >= 11 is 0. The van der Waals surface area contributed by atoms with Crippen LogP contribution >= 0.6 is 0 Å². The Kier molecular flexibility index (Phi) is 5.40. The second kappa shape index (κ2) is 8.03. The first-order valence-electron chi connectivity index (χ1n) is 10.6. The Bertz CT molecular complexity index is 1110. The van der Waals surface area contributed by atoms with E-state index in [4.69, 9.17) is 4.74 Å². The van der Waals surface area contributed by atoms with Crippen molar-refractivity contribution in [2.45, 2.75) is 45.8 Å². The molecular formula is C27H27NO3. The van der Waals surface area contributed by atoms with E-state index in [1.807, 2.05) is 82.3 Å². The summed E-state index contributed by atoms with van der Waals surface area (Å²) in [5.74, 6) is -0.617. The van der Waals surface area contributed by atoms with Gasteiger partial charge in [0.25, 0.3) is 5.91 Å². The van der Waals surface area contributed by atoms with Crippen molar-refractivity contribution in [3.63, 3.8) is 0 Å². The number of carbonyl (C=O) groups excluding carboxylic acids is 2. The molecule has 0 bridgehead atoms. The van der Waals surface area contributed by atoms with E-state index in [2.05, 4.69) is 18.2 Å². The van der Waals surface area contributed by atoms with Crippen molar-refractivity contribution in [3.8, 4) is 11.1 Å². The summed E-state index contributed by atoms with van der Waals surface area (Å²) in [6.45, 7) is 7.96. The second-order valence-corrected chi connectivity index (χ2v) is 8.98. The summed E-state index contributed by atoms with van der Waals surface area (Å²) < 4.78 is 5.49. The summed E-state index contributed by atoms with van der Waals surface area (Å²) in [5, 5.41) is 0. The van der Waals surface area contributed by atoms with Crippen LogP contribution in [0.2, 0.25) is 0 Å². The van der Waals surface area contributed by atoms with E-state index in [9.17, 15) is 9.59 Å². The highest BCUT2D eigenvalue weighted by Crippen LogP contribution is 2.32. The third kappa shape index (κ3) is 4.38. The van der Waals surface area contributed by atoms with Crippen LogP contribution in [0.3, 0.4) is 0 Å². The first-order valence-corrected chi connectivity index (χ1v) is 10.6. The van der Waals surface area contributed by atoms with Gasteiger partial charge in [-0.15, -0.1) is 0 Å². The van der Waals surface area contributed by atoms with Crippen LogP contribution in [0, 0.1) is 0 Å². The van der Waals surface area contributed by atoms with E-state index in [1.165, 1.54) is 0 Å². The topological polar surface area (TPSA) is 46.6 Å². The number of hydrogen-bond acceptors (Lipinski definition) is 3. The van der Waals surface area contributed by atoms with E-state index in [0.29, 0.717) is 6.54 Å². The lowest BCUT2D eigenvalue weighted by Gasteiger charge is -2.23. The Morgan fingerprint density at radius 1 is 0.935 bits per heavy atom. The molecule has 3 aromatic rings. The largest absolute Gasteiger partial charge is 0.460 e. The molecule has 0 spiro atoms. The molecule has 0 saturated carbocycles. The number of rotatable bonds is 4. The molecule has 4 heteroatoms. The number of nitrogens with zero attached hydrogens (tertiary/aromatic N) is 1. The fourth-order valence-corrected chi connectivity index (χ4v) is 3.81. The third-order valence-electron chi connectivity index (χ3n) is 5.48. The average Bonchev–Trinajstić information content (AvgIpc) is 3.08. The van der Waals surface area contributed by atoms with Crippen molar-refractivity contribution in [3.05, 3.63) is 89.5 Å². The average molecular weight is 414 g/mol. The van der Waals surface area contributed by atoms with Crippen LogP contribution in [0.5, 0.6) is 0 Å². The Labute approximate surface area is 183 Å². The lowest BCUT2D eigenvalue weighted by Crippen LogP contribution is -2.27. The zero-order valence-corrected chi connectivity index (χ0v) is 18.4. The Hall–Kier alpha value is -3.40. The third-order valence-corrected chi connectivity index (χ3v) is 5.48. The van der Waals surface area contributed by atoms with E-state index in [1.54, 1.807) is 4.90 Å². The smallest absolute Gasteiger partial charge is 0.313 e. The van der Waals surface area contributed by atoms with Crippen LogP contribution in [0.1, 0.15) is 55.1 Å².